The number of likely N-dealkylation sites (tertiary alicyclic amines) is 1. The van der Waals surface area contributed by atoms with Gasteiger partial charge in [-0.2, -0.15) is 0 Å². The van der Waals surface area contributed by atoms with Crippen molar-refractivity contribution in [1.29, 1.82) is 0 Å². The maximum Gasteiger partial charge on any atom is 0.253 e. The smallest absolute Gasteiger partial charge is 0.253 e. The first-order chi connectivity index (χ1) is 21.9. The molecule has 1 N–H and O–H groups in total. The lowest BCUT2D eigenvalue weighted by Crippen LogP contribution is -2.60. The SMILES string of the molecule is Cc1ccc(N2C(=O)C3CC=C4C(CC5(Cl)C(=O)N(C)C(=O)C5(Cl)C4c4ccc(OCc5ccccc5)cc4O)C3C2=O)cc1Cl. The number of imide groups is 2. The van der Waals surface area contributed by atoms with Crippen molar-refractivity contribution in [3.8, 4) is 11.5 Å². The number of halogens is 3. The van der Waals surface area contributed by atoms with Crippen molar-refractivity contribution in [2.75, 3.05) is 11.9 Å². The Morgan fingerprint density at radius 3 is 2.37 bits per heavy atom. The Morgan fingerprint density at radius 2 is 1.67 bits per heavy atom. The van der Waals surface area contributed by atoms with E-state index in [-0.39, 0.29) is 36.7 Å². The zero-order valence-corrected chi connectivity index (χ0v) is 27.1. The number of phenols is 1. The molecule has 0 aromatic heterocycles. The first kappa shape index (κ1) is 30.8. The average molecular weight is 680 g/mol. The number of phenolic OH excluding ortho intramolecular Hbond substituents is 1. The summed E-state index contributed by atoms with van der Waals surface area (Å²) in [6.45, 7) is 2.09. The summed E-state index contributed by atoms with van der Waals surface area (Å²) < 4.78 is 5.90. The number of hydrogen-bond donors (Lipinski definition) is 1. The van der Waals surface area contributed by atoms with Crippen LogP contribution in [0.15, 0.2) is 78.4 Å². The number of nitrogens with zero attached hydrogens (tertiary/aromatic N) is 2. The van der Waals surface area contributed by atoms with Gasteiger partial charge >= 0.3 is 0 Å². The number of rotatable bonds is 5. The van der Waals surface area contributed by atoms with Gasteiger partial charge in [0.2, 0.25) is 11.8 Å². The second-order valence-electron chi connectivity index (χ2n) is 12.4. The van der Waals surface area contributed by atoms with Gasteiger partial charge in [0.1, 0.15) is 18.1 Å². The van der Waals surface area contributed by atoms with Crippen LogP contribution in [0.4, 0.5) is 5.69 Å². The van der Waals surface area contributed by atoms with E-state index in [1.807, 2.05) is 43.3 Å². The minimum atomic E-state index is -2.00. The van der Waals surface area contributed by atoms with E-state index < -0.39 is 51.1 Å². The third-order valence-electron chi connectivity index (χ3n) is 9.99. The average Bonchev–Trinajstić information content (AvgIpc) is 3.37. The molecule has 46 heavy (non-hydrogen) atoms. The molecule has 2 heterocycles. The quantitative estimate of drug-likeness (QED) is 0.198. The monoisotopic (exact) mass is 678 g/mol. The molecule has 3 fully saturated rings. The fourth-order valence-corrected chi connectivity index (χ4v) is 8.85. The third kappa shape index (κ3) is 4.26. The van der Waals surface area contributed by atoms with E-state index in [2.05, 4.69) is 0 Å². The maximum absolute atomic E-state index is 14.2. The van der Waals surface area contributed by atoms with Crippen molar-refractivity contribution in [2.45, 2.75) is 42.0 Å². The minimum Gasteiger partial charge on any atom is -0.508 e. The largest absolute Gasteiger partial charge is 0.508 e. The summed E-state index contributed by atoms with van der Waals surface area (Å²) in [4.78, 5) is 53.6. The molecule has 4 amide bonds. The van der Waals surface area contributed by atoms with Gasteiger partial charge in [-0.3, -0.25) is 24.1 Å². The van der Waals surface area contributed by atoms with Gasteiger partial charge in [0.05, 0.1) is 17.5 Å². The Hall–Kier alpha value is -3.85. The van der Waals surface area contributed by atoms with Crippen molar-refractivity contribution < 1.29 is 29.0 Å². The topological polar surface area (TPSA) is 104 Å². The summed E-state index contributed by atoms with van der Waals surface area (Å²) in [5, 5.41) is 11.8. The second kappa shape index (κ2) is 10.9. The van der Waals surface area contributed by atoms with Gasteiger partial charge in [0.15, 0.2) is 9.75 Å². The molecule has 4 aliphatic rings. The number of anilines is 1. The zero-order chi connectivity index (χ0) is 32.7. The Labute approximate surface area is 280 Å². The Balaban J connectivity index is 1.31. The first-order valence-electron chi connectivity index (χ1n) is 14.9. The molecule has 2 saturated heterocycles. The number of hydrogen-bond acceptors (Lipinski definition) is 6. The van der Waals surface area contributed by atoms with Crippen LogP contribution in [0.5, 0.6) is 11.5 Å². The van der Waals surface area contributed by atoms with E-state index in [9.17, 15) is 24.3 Å². The third-order valence-corrected chi connectivity index (χ3v) is 11.8. The lowest BCUT2D eigenvalue weighted by molar-refractivity contribution is -0.138. The van der Waals surface area contributed by atoms with E-state index >= 15 is 0 Å². The highest BCUT2D eigenvalue weighted by atomic mass is 35.5. The Bertz CT molecular complexity index is 1860. The van der Waals surface area contributed by atoms with Crippen LogP contribution in [0, 0.1) is 24.7 Å². The number of benzene rings is 3. The van der Waals surface area contributed by atoms with Crippen LogP contribution in [0.2, 0.25) is 5.02 Å². The van der Waals surface area contributed by atoms with Crippen molar-refractivity contribution in [2.24, 2.45) is 17.8 Å². The number of ether oxygens (including phenoxy) is 1. The summed E-state index contributed by atoms with van der Waals surface area (Å²) in [5.41, 5.74) is 2.94. The summed E-state index contributed by atoms with van der Waals surface area (Å²) in [6.07, 6.45) is 1.88. The molecular weight excluding hydrogens is 651 g/mol. The standard InChI is InChI=1S/C35H29Cl3N2O6/c1-18-8-9-20(14-26(18)36)40-30(42)24-13-12-22-25(28(24)31(40)43)16-34(37)32(44)39(2)33(45)35(34,38)29(22)23-11-10-21(15-27(23)41)46-17-19-6-4-3-5-7-19/h3-12,14-15,24-25,28-29,41H,13,16-17H2,1-2H3. The fraction of sp³-hybridized carbons (Fsp3) is 0.314. The van der Waals surface area contributed by atoms with E-state index in [4.69, 9.17) is 39.5 Å². The molecule has 11 heteroatoms. The summed E-state index contributed by atoms with van der Waals surface area (Å²) >= 11 is 20.8. The van der Waals surface area contributed by atoms with E-state index in [1.165, 1.54) is 13.1 Å². The van der Waals surface area contributed by atoms with Gasteiger partial charge < -0.3 is 9.84 Å². The number of allylic oxidation sites excluding steroid dienone is 2. The molecule has 3 aromatic rings. The Morgan fingerprint density at radius 1 is 0.935 bits per heavy atom. The molecule has 2 aliphatic carbocycles. The number of aromatic hydroxyl groups is 1. The predicted molar refractivity (Wildman–Crippen MR) is 173 cm³/mol. The van der Waals surface area contributed by atoms with Crippen LogP contribution in [0.25, 0.3) is 0 Å². The zero-order valence-electron chi connectivity index (χ0n) is 24.9. The summed E-state index contributed by atoms with van der Waals surface area (Å²) in [7, 11) is 1.32. The molecule has 6 unspecified atom stereocenters. The van der Waals surface area contributed by atoms with Gasteiger partial charge in [-0.15, -0.1) is 23.2 Å². The Kier molecular flexibility index (Phi) is 7.27. The number of alkyl halides is 2. The lowest BCUT2D eigenvalue weighted by atomic mass is 9.56. The van der Waals surface area contributed by atoms with Gasteiger partial charge in [-0.25, -0.2) is 4.90 Å². The lowest BCUT2D eigenvalue weighted by Gasteiger charge is -2.50. The van der Waals surface area contributed by atoms with E-state index in [1.54, 1.807) is 30.3 Å². The molecule has 3 aromatic carbocycles. The van der Waals surface area contributed by atoms with Crippen LogP contribution < -0.4 is 9.64 Å². The van der Waals surface area contributed by atoms with Gasteiger partial charge in [0, 0.05) is 29.6 Å². The molecule has 7 rings (SSSR count). The molecule has 236 valence electrons. The van der Waals surface area contributed by atoms with E-state index in [0.29, 0.717) is 22.0 Å². The van der Waals surface area contributed by atoms with Crippen LogP contribution in [0.3, 0.4) is 0 Å². The predicted octanol–water partition coefficient (Wildman–Crippen LogP) is 6.13. The number of fused-ring (bicyclic) bond motifs is 4. The summed E-state index contributed by atoms with van der Waals surface area (Å²) in [5.74, 6) is -5.41. The van der Waals surface area contributed by atoms with Crippen molar-refractivity contribution >= 4 is 64.1 Å². The van der Waals surface area contributed by atoms with Crippen LogP contribution >= 0.6 is 34.8 Å². The van der Waals surface area contributed by atoms with Gasteiger partial charge in [-0.1, -0.05) is 65.7 Å². The highest BCUT2D eigenvalue weighted by Gasteiger charge is 2.76. The van der Waals surface area contributed by atoms with Crippen molar-refractivity contribution in [3.63, 3.8) is 0 Å². The number of amides is 4. The number of carbonyl (C=O) groups excluding carboxylic acids is 4. The molecule has 6 atom stereocenters. The molecule has 0 spiro atoms. The maximum atomic E-state index is 14.2. The van der Waals surface area contributed by atoms with E-state index in [0.717, 1.165) is 20.9 Å². The normalized spacial score (nSPS) is 30.2. The molecule has 8 nitrogen and oxygen atoms in total. The number of aryl methyl sites for hydroxylation is 1. The highest BCUT2D eigenvalue weighted by molar-refractivity contribution is 6.53. The van der Waals surface area contributed by atoms with Gasteiger partial charge in [0.25, 0.3) is 11.8 Å². The molecule has 1 saturated carbocycles. The highest BCUT2D eigenvalue weighted by Crippen LogP contribution is 2.66. The summed E-state index contributed by atoms with van der Waals surface area (Å²) in [6, 6.07) is 19.2. The molecule has 0 radical (unpaired) electrons. The second-order valence-corrected chi connectivity index (χ2v) is 14.1. The fourth-order valence-electron chi connectivity index (χ4n) is 7.66. The molecule has 2 aliphatic heterocycles. The van der Waals surface area contributed by atoms with Crippen molar-refractivity contribution in [3.05, 3.63) is 100 Å². The minimum absolute atomic E-state index is 0.142. The van der Waals surface area contributed by atoms with Gasteiger partial charge in [-0.05, 0) is 55.0 Å². The molecular formula is C35H29Cl3N2O6. The van der Waals surface area contributed by atoms with Crippen LogP contribution in [0.1, 0.15) is 35.4 Å². The van der Waals surface area contributed by atoms with Crippen molar-refractivity contribution in [1.82, 2.24) is 4.90 Å². The molecule has 0 bridgehead atoms. The first-order valence-corrected chi connectivity index (χ1v) is 16.1. The number of carbonyl (C=O) groups is 4. The van der Waals surface area contributed by atoms with Crippen LogP contribution in [-0.2, 0) is 25.8 Å². The van der Waals surface area contributed by atoms with Crippen LogP contribution in [-0.4, -0.2) is 50.4 Å².